The van der Waals surface area contributed by atoms with Crippen LogP contribution in [0, 0.1) is 0 Å². The Bertz CT molecular complexity index is 372. The van der Waals surface area contributed by atoms with Gasteiger partial charge in [0.1, 0.15) is 0 Å². The van der Waals surface area contributed by atoms with E-state index in [1.54, 1.807) is 0 Å². The number of nitrogens with zero attached hydrogens (tertiary/aromatic N) is 1. The Labute approximate surface area is 188 Å². The summed E-state index contributed by atoms with van der Waals surface area (Å²) < 4.78 is 0.912. The first-order valence-corrected chi connectivity index (χ1v) is 13.2. The molecule has 4 nitrogen and oxygen atoms in total. The molecule has 0 aromatic heterocycles. The minimum Gasteiger partial charge on any atom is -0.396 e. The number of aliphatic hydroxyl groups is 1. The number of carbonyl (C=O) groups excluding carboxylic acids is 1. The molecule has 2 N–H and O–H groups in total. The number of carbonyl (C=O) groups is 1. The lowest BCUT2D eigenvalue weighted by molar-refractivity contribution is -0.890. The van der Waals surface area contributed by atoms with E-state index in [4.69, 9.17) is 5.11 Å². The zero-order valence-corrected chi connectivity index (χ0v) is 20.9. The largest absolute Gasteiger partial charge is 0.396 e. The van der Waals surface area contributed by atoms with Gasteiger partial charge in [0.05, 0.1) is 27.2 Å². The van der Waals surface area contributed by atoms with Gasteiger partial charge >= 0.3 is 0 Å². The third kappa shape index (κ3) is 22.1. The summed E-state index contributed by atoms with van der Waals surface area (Å²) in [6, 6.07) is 0. The quantitative estimate of drug-likeness (QED) is 0.150. The first kappa shape index (κ1) is 29.4. The maximum Gasteiger partial charge on any atom is 0.219 e. The van der Waals surface area contributed by atoms with Crippen LogP contribution in [0.25, 0.3) is 0 Å². The Morgan fingerprint density at radius 2 is 1.10 bits per heavy atom. The molecule has 0 heterocycles. The standard InChI is InChI=1S/C26H54N2O2/c1-4-5-6-7-8-9-10-11-12-13-14-15-16-17-18-21-26(30)27-22-19-23-28(2,3)24-20-25-29/h29H,4-25H2,1-3H3/p+1. The summed E-state index contributed by atoms with van der Waals surface area (Å²) in [5, 5.41) is 12.0. The Balaban J connectivity index is 3.28. The fourth-order valence-corrected chi connectivity index (χ4v) is 4.09. The highest BCUT2D eigenvalue weighted by Gasteiger charge is 2.13. The maximum atomic E-state index is 11.9. The average molecular weight is 428 g/mol. The van der Waals surface area contributed by atoms with Gasteiger partial charge in [0.25, 0.3) is 0 Å². The van der Waals surface area contributed by atoms with Gasteiger partial charge in [-0.1, -0.05) is 96.8 Å². The van der Waals surface area contributed by atoms with Crippen LogP contribution in [-0.2, 0) is 4.79 Å². The van der Waals surface area contributed by atoms with E-state index in [1.807, 2.05) is 0 Å². The number of hydrogen-bond donors (Lipinski definition) is 2. The van der Waals surface area contributed by atoms with Crippen LogP contribution in [0.2, 0.25) is 0 Å². The minimum atomic E-state index is 0.213. The summed E-state index contributed by atoms with van der Waals surface area (Å²) in [5.74, 6) is 0.213. The molecule has 0 aromatic rings. The second-order valence-corrected chi connectivity index (χ2v) is 9.86. The summed E-state index contributed by atoms with van der Waals surface area (Å²) >= 11 is 0. The molecule has 0 aromatic carbocycles. The molecule has 0 atom stereocenters. The predicted molar refractivity (Wildman–Crippen MR) is 131 cm³/mol. The first-order valence-electron chi connectivity index (χ1n) is 13.2. The van der Waals surface area contributed by atoms with Crippen molar-refractivity contribution in [2.75, 3.05) is 40.3 Å². The molecule has 0 fully saturated rings. The van der Waals surface area contributed by atoms with Crippen LogP contribution in [-0.4, -0.2) is 55.8 Å². The monoisotopic (exact) mass is 427 g/mol. The highest BCUT2D eigenvalue weighted by atomic mass is 16.3. The number of rotatable bonds is 23. The van der Waals surface area contributed by atoms with Crippen LogP contribution in [0.4, 0.5) is 0 Å². The van der Waals surface area contributed by atoms with Gasteiger partial charge in [-0.15, -0.1) is 0 Å². The van der Waals surface area contributed by atoms with Crippen LogP contribution in [0.5, 0.6) is 0 Å². The third-order valence-corrected chi connectivity index (χ3v) is 6.19. The second kappa shape index (κ2) is 21.6. The highest BCUT2D eigenvalue weighted by molar-refractivity contribution is 5.75. The van der Waals surface area contributed by atoms with Crippen LogP contribution in [0.15, 0.2) is 0 Å². The zero-order chi connectivity index (χ0) is 22.3. The van der Waals surface area contributed by atoms with E-state index >= 15 is 0 Å². The lowest BCUT2D eigenvalue weighted by atomic mass is 10.0. The van der Waals surface area contributed by atoms with Gasteiger partial charge in [-0.05, 0) is 6.42 Å². The highest BCUT2D eigenvalue weighted by Crippen LogP contribution is 2.13. The zero-order valence-electron chi connectivity index (χ0n) is 20.9. The van der Waals surface area contributed by atoms with Crippen molar-refractivity contribution in [3.05, 3.63) is 0 Å². The molecule has 0 aliphatic rings. The molecule has 180 valence electrons. The molecule has 0 unspecified atom stereocenters. The van der Waals surface area contributed by atoms with E-state index in [2.05, 4.69) is 26.3 Å². The normalized spacial score (nSPS) is 11.7. The Kier molecular flexibility index (Phi) is 21.2. The van der Waals surface area contributed by atoms with Gasteiger partial charge in [0, 0.05) is 32.4 Å². The topological polar surface area (TPSA) is 49.3 Å². The lowest BCUT2D eigenvalue weighted by Gasteiger charge is -2.29. The van der Waals surface area contributed by atoms with Crippen LogP contribution in [0.3, 0.4) is 0 Å². The molecule has 0 spiro atoms. The van der Waals surface area contributed by atoms with Gasteiger partial charge in [-0.3, -0.25) is 4.79 Å². The second-order valence-electron chi connectivity index (χ2n) is 9.86. The van der Waals surface area contributed by atoms with E-state index in [-0.39, 0.29) is 12.5 Å². The van der Waals surface area contributed by atoms with Crippen LogP contribution in [0.1, 0.15) is 122 Å². The predicted octanol–water partition coefficient (Wildman–Crippen LogP) is 6.21. The van der Waals surface area contributed by atoms with E-state index < -0.39 is 0 Å². The summed E-state index contributed by atoms with van der Waals surface area (Å²) in [7, 11) is 4.38. The van der Waals surface area contributed by atoms with Crippen LogP contribution < -0.4 is 5.32 Å². The number of quaternary nitrogens is 1. The molecule has 1 amide bonds. The van der Waals surface area contributed by atoms with Gasteiger partial charge < -0.3 is 14.9 Å². The van der Waals surface area contributed by atoms with E-state index in [1.165, 1.54) is 89.9 Å². The van der Waals surface area contributed by atoms with Gasteiger partial charge in [0.15, 0.2) is 0 Å². The molecule has 30 heavy (non-hydrogen) atoms. The van der Waals surface area contributed by atoms with E-state index in [9.17, 15) is 4.79 Å². The maximum absolute atomic E-state index is 11.9. The Morgan fingerprint density at radius 3 is 1.57 bits per heavy atom. The van der Waals surface area contributed by atoms with E-state index in [0.29, 0.717) is 6.42 Å². The number of nitrogens with one attached hydrogen (secondary N) is 1. The average Bonchev–Trinajstić information content (AvgIpc) is 2.72. The third-order valence-electron chi connectivity index (χ3n) is 6.19. The summed E-state index contributed by atoms with van der Waals surface area (Å²) in [6.45, 7) is 5.35. The molecule has 0 saturated carbocycles. The molecule has 0 aliphatic heterocycles. The van der Waals surface area contributed by atoms with E-state index in [0.717, 1.165) is 43.4 Å². The summed E-state index contributed by atoms with van der Waals surface area (Å²) in [5.41, 5.74) is 0. The molecule has 0 bridgehead atoms. The fourth-order valence-electron chi connectivity index (χ4n) is 4.09. The SMILES string of the molecule is CCCCCCCCCCCCCCCCCC(=O)NCCC[N+](C)(C)CCCO. The van der Waals surface area contributed by atoms with Crippen molar-refractivity contribution < 1.29 is 14.4 Å². The molecule has 0 saturated heterocycles. The van der Waals surface area contributed by atoms with Crippen molar-refractivity contribution in [2.24, 2.45) is 0 Å². The fraction of sp³-hybridized carbons (Fsp3) is 0.962. The molecular weight excluding hydrogens is 372 g/mol. The smallest absolute Gasteiger partial charge is 0.219 e. The van der Waals surface area contributed by atoms with Crippen molar-refractivity contribution in [3.63, 3.8) is 0 Å². The minimum absolute atomic E-state index is 0.213. The number of aliphatic hydroxyl groups excluding tert-OH is 1. The van der Waals surface area contributed by atoms with Gasteiger partial charge in [-0.25, -0.2) is 0 Å². The number of unbranched alkanes of at least 4 members (excludes halogenated alkanes) is 14. The molecule has 4 heteroatoms. The summed E-state index contributed by atoms with van der Waals surface area (Å²) in [6.07, 6.45) is 22.9. The molecule has 0 rings (SSSR count). The van der Waals surface area contributed by atoms with Crippen molar-refractivity contribution >= 4 is 5.91 Å². The lowest BCUT2D eigenvalue weighted by Crippen LogP contribution is -2.42. The molecule has 0 aliphatic carbocycles. The van der Waals surface area contributed by atoms with Crippen molar-refractivity contribution in [2.45, 2.75) is 122 Å². The Hall–Kier alpha value is -0.610. The van der Waals surface area contributed by atoms with Gasteiger partial charge in [-0.2, -0.15) is 0 Å². The van der Waals surface area contributed by atoms with Crippen molar-refractivity contribution in [1.82, 2.24) is 5.32 Å². The van der Waals surface area contributed by atoms with Crippen molar-refractivity contribution in [3.8, 4) is 0 Å². The summed E-state index contributed by atoms with van der Waals surface area (Å²) in [4.78, 5) is 11.9. The first-order chi connectivity index (χ1) is 14.5. The van der Waals surface area contributed by atoms with Crippen molar-refractivity contribution in [1.29, 1.82) is 0 Å². The number of hydrogen-bond acceptors (Lipinski definition) is 2. The van der Waals surface area contributed by atoms with Crippen LogP contribution >= 0.6 is 0 Å². The number of amides is 1. The molecular formula is C26H55N2O2+. The molecule has 0 radical (unpaired) electrons. The Morgan fingerprint density at radius 1 is 0.667 bits per heavy atom. The van der Waals surface area contributed by atoms with Gasteiger partial charge in [0.2, 0.25) is 5.91 Å².